The Morgan fingerprint density at radius 1 is 1.58 bits per heavy atom. The van der Waals surface area contributed by atoms with Crippen LogP contribution in [0, 0.1) is 5.41 Å². The molecule has 0 saturated heterocycles. The molecular weight excluding hydrogens is 152 g/mol. The molecule has 2 atom stereocenters. The second-order valence-electron chi connectivity index (χ2n) is 3.25. The Morgan fingerprint density at radius 2 is 2.25 bits per heavy atom. The number of aliphatic hydroxyl groups excluding tert-OH is 1. The van der Waals surface area contributed by atoms with Crippen molar-refractivity contribution in [2.45, 2.75) is 26.4 Å². The Hall–Kier alpha value is -0.890. The van der Waals surface area contributed by atoms with Crippen molar-refractivity contribution >= 4 is 5.78 Å². The normalized spacial score (nSPS) is 33.8. The highest BCUT2D eigenvalue weighted by atomic mass is 16.3. The summed E-state index contributed by atoms with van der Waals surface area (Å²) in [5.74, 6) is 0.0793. The van der Waals surface area contributed by atoms with Crippen LogP contribution >= 0.6 is 0 Å². The van der Waals surface area contributed by atoms with Gasteiger partial charge in [0, 0.05) is 6.42 Å². The summed E-state index contributed by atoms with van der Waals surface area (Å²) in [5, 5.41) is 9.57. The van der Waals surface area contributed by atoms with Crippen LogP contribution in [0.2, 0.25) is 0 Å². The minimum absolute atomic E-state index is 0.0793. The van der Waals surface area contributed by atoms with Crippen LogP contribution in [0.25, 0.3) is 0 Å². The molecule has 0 spiro atoms. The zero-order valence-corrected chi connectivity index (χ0v) is 7.45. The molecule has 2 nitrogen and oxygen atoms in total. The van der Waals surface area contributed by atoms with Gasteiger partial charge in [0.05, 0.1) is 11.5 Å². The van der Waals surface area contributed by atoms with E-state index in [4.69, 9.17) is 0 Å². The van der Waals surface area contributed by atoms with Crippen LogP contribution in [-0.4, -0.2) is 17.0 Å². The molecule has 1 rings (SSSR count). The lowest BCUT2D eigenvalue weighted by Gasteiger charge is -2.29. The molecule has 0 amide bonds. The summed E-state index contributed by atoms with van der Waals surface area (Å²) < 4.78 is 0. The van der Waals surface area contributed by atoms with Crippen LogP contribution in [0.3, 0.4) is 0 Å². The van der Waals surface area contributed by atoms with E-state index in [2.05, 4.69) is 0 Å². The van der Waals surface area contributed by atoms with E-state index in [1.54, 1.807) is 31.2 Å². The average molecular weight is 166 g/mol. The quantitative estimate of drug-likeness (QED) is 0.674. The van der Waals surface area contributed by atoms with Gasteiger partial charge in [-0.25, -0.2) is 0 Å². The Labute approximate surface area is 72.6 Å². The zero-order valence-electron chi connectivity index (χ0n) is 7.45. The summed E-state index contributed by atoms with van der Waals surface area (Å²) in [6, 6.07) is 0. The van der Waals surface area contributed by atoms with E-state index in [0.29, 0.717) is 6.42 Å². The average Bonchev–Trinajstić information content (AvgIpc) is 2.09. The molecule has 0 radical (unpaired) electrons. The summed E-state index contributed by atoms with van der Waals surface area (Å²) >= 11 is 0. The van der Waals surface area contributed by atoms with Crippen molar-refractivity contribution in [2.75, 3.05) is 0 Å². The van der Waals surface area contributed by atoms with E-state index < -0.39 is 11.5 Å². The van der Waals surface area contributed by atoms with Crippen LogP contribution in [0.4, 0.5) is 0 Å². The molecule has 12 heavy (non-hydrogen) atoms. The van der Waals surface area contributed by atoms with Gasteiger partial charge in [-0.1, -0.05) is 31.2 Å². The van der Waals surface area contributed by atoms with E-state index >= 15 is 0 Å². The van der Waals surface area contributed by atoms with Gasteiger partial charge in [0.2, 0.25) is 0 Å². The number of hydrogen-bond donors (Lipinski definition) is 1. The van der Waals surface area contributed by atoms with Crippen LogP contribution < -0.4 is 0 Å². The SMILES string of the molecule is CCC(=O)C1(C)C=CC=CC1O. The Kier molecular flexibility index (Phi) is 2.48. The Bertz CT molecular complexity index is 240. The molecular formula is C10H14O2. The smallest absolute Gasteiger partial charge is 0.145 e. The molecule has 0 aromatic rings. The lowest BCUT2D eigenvalue weighted by Crippen LogP contribution is -2.37. The van der Waals surface area contributed by atoms with Crippen molar-refractivity contribution in [1.29, 1.82) is 0 Å². The van der Waals surface area contributed by atoms with Gasteiger partial charge >= 0.3 is 0 Å². The number of allylic oxidation sites excluding steroid dienone is 2. The van der Waals surface area contributed by atoms with Gasteiger partial charge in [0.1, 0.15) is 5.78 Å². The fraction of sp³-hybridized carbons (Fsp3) is 0.500. The second-order valence-corrected chi connectivity index (χ2v) is 3.25. The highest BCUT2D eigenvalue weighted by Crippen LogP contribution is 2.29. The van der Waals surface area contributed by atoms with Crippen molar-refractivity contribution < 1.29 is 9.90 Å². The van der Waals surface area contributed by atoms with Gasteiger partial charge in [-0.15, -0.1) is 0 Å². The summed E-state index contributed by atoms with van der Waals surface area (Å²) in [4.78, 5) is 11.5. The van der Waals surface area contributed by atoms with Gasteiger partial charge in [-0.3, -0.25) is 4.79 Å². The fourth-order valence-electron chi connectivity index (χ4n) is 1.36. The van der Waals surface area contributed by atoms with Crippen molar-refractivity contribution in [2.24, 2.45) is 5.41 Å². The molecule has 66 valence electrons. The maximum atomic E-state index is 11.5. The third-order valence-electron chi connectivity index (χ3n) is 2.38. The molecule has 1 aliphatic rings. The molecule has 1 aliphatic carbocycles. The van der Waals surface area contributed by atoms with Crippen molar-refractivity contribution in [1.82, 2.24) is 0 Å². The molecule has 2 heteroatoms. The van der Waals surface area contributed by atoms with E-state index in [1.165, 1.54) is 0 Å². The summed E-state index contributed by atoms with van der Waals surface area (Å²) in [7, 11) is 0. The number of carbonyl (C=O) groups is 1. The Morgan fingerprint density at radius 3 is 2.75 bits per heavy atom. The lowest BCUT2D eigenvalue weighted by atomic mass is 9.76. The molecule has 0 bridgehead atoms. The lowest BCUT2D eigenvalue weighted by molar-refractivity contribution is -0.128. The van der Waals surface area contributed by atoms with Gasteiger partial charge in [-0.2, -0.15) is 0 Å². The molecule has 0 aromatic carbocycles. The first kappa shape index (κ1) is 9.20. The van der Waals surface area contributed by atoms with Gasteiger partial charge in [-0.05, 0) is 6.92 Å². The van der Waals surface area contributed by atoms with Crippen molar-refractivity contribution in [3.8, 4) is 0 Å². The van der Waals surface area contributed by atoms with E-state index in [9.17, 15) is 9.90 Å². The van der Waals surface area contributed by atoms with Crippen molar-refractivity contribution in [3.05, 3.63) is 24.3 Å². The van der Waals surface area contributed by atoms with E-state index in [0.717, 1.165) is 0 Å². The van der Waals surface area contributed by atoms with E-state index in [1.807, 2.05) is 6.92 Å². The predicted molar refractivity (Wildman–Crippen MR) is 47.7 cm³/mol. The molecule has 0 aromatic heterocycles. The topological polar surface area (TPSA) is 37.3 Å². The highest BCUT2D eigenvalue weighted by Gasteiger charge is 2.36. The number of Topliss-reactive ketones (excluding diaryl/α,β-unsaturated/α-hetero) is 1. The molecule has 0 heterocycles. The highest BCUT2D eigenvalue weighted by molar-refractivity contribution is 5.87. The first-order valence-corrected chi connectivity index (χ1v) is 4.18. The van der Waals surface area contributed by atoms with Crippen LogP contribution in [0.15, 0.2) is 24.3 Å². The largest absolute Gasteiger partial charge is 0.388 e. The van der Waals surface area contributed by atoms with Crippen LogP contribution in [-0.2, 0) is 4.79 Å². The fourth-order valence-corrected chi connectivity index (χ4v) is 1.36. The van der Waals surface area contributed by atoms with Gasteiger partial charge in [0.25, 0.3) is 0 Å². The molecule has 0 fully saturated rings. The standard InChI is InChI=1S/C10H14O2/c1-3-8(11)10(2)7-5-4-6-9(10)12/h4-7,9,12H,3H2,1-2H3. The maximum Gasteiger partial charge on any atom is 0.145 e. The van der Waals surface area contributed by atoms with Gasteiger partial charge < -0.3 is 5.11 Å². The van der Waals surface area contributed by atoms with Crippen molar-refractivity contribution in [3.63, 3.8) is 0 Å². The van der Waals surface area contributed by atoms with Crippen LogP contribution in [0.5, 0.6) is 0 Å². The zero-order chi connectivity index (χ0) is 9.19. The number of aliphatic hydroxyl groups is 1. The van der Waals surface area contributed by atoms with Gasteiger partial charge in [0.15, 0.2) is 0 Å². The summed E-state index contributed by atoms with van der Waals surface area (Å²) in [6.45, 7) is 3.58. The Balaban J connectivity index is 2.90. The minimum atomic E-state index is -0.705. The molecule has 0 aliphatic heterocycles. The summed E-state index contributed by atoms with van der Waals surface area (Å²) in [5.41, 5.74) is -0.705. The minimum Gasteiger partial charge on any atom is -0.388 e. The van der Waals surface area contributed by atoms with E-state index in [-0.39, 0.29) is 5.78 Å². The second kappa shape index (κ2) is 3.23. The predicted octanol–water partition coefficient (Wildman–Crippen LogP) is 1.46. The monoisotopic (exact) mass is 166 g/mol. The van der Waals surface area contributed by atoms with Crippen LogP contribution in [0.1, 0.15) is 20.3 Å². The maximum absolute atomic E-state index is 11.5. The number of hydrogen-bond acceptors (Lipinski definition) is 2. The first-order chi connectivity index (χ1) is 5.61. The molecule has 2 unspecified atom stereocenters. The third-order valence-corrected chi connectivity index (χ3v) is 2.38. The number of ketones is 1. The summed E-state index contributed by atoms with van der Waals surface area (Å²) in [6.07, 6.45) is 6.77. The first-order valence-electron chi connectivity index (χ1n) is 4.18. The number of rotatable bonds is 2. The number of carbonyl (C=O) groups excluding carboxylic acids is 1. The third kappa shape index (κ3) is 1.34. The molecule has 1 N–H and O–H groups in total. The molecule has 0 saturated carbocycles.